The molecule has 0 aliphatic rings. The van der Waals surface area contributed by atoms with E-state index in [-0.39, 0.29) is 5.91 Å². The van der Waals surface area contributed by atoms with Crippen LogP contribution in [0.1, 0.15) is 57.9 Å². The van der Waals surface area contributed by atoms with Gasteiger partial charge in [-0.15, -0.1) is 0 Å². The summed E-state index contributed by atoms with van der Waals surface area (Å²) >= 11 is 0. The molecule has 1 unspecified atom stereocenters. The lowest BCUT2D eigenvalue weighted by Crippen LogP contribution is -2.09. The summed E-state index contributed by atoms with van der Waals surface area (Å²) in [7, 11) is 4.85. The van der Waals surface area contributed by atoms with Gasteiger partial charge in [0.15, 0.2) is 0 Å². The van der Waals surface area contributed by atoms with Crippen molar-refractivity contribution in [2.45, 2.75) is 48.0 Å². The molecule has 1 atom stereocenters. The van der Waals surface area contributed by atoms with Crippen LogP contribution in [0.4, 0.5) is 11.6 Å². The van der Waals surface area contributed by atoms with E-state index in [1.807, 2.05) is 32.9 Å². The van der Waals surface area contributed by atoms with E-state index in [9.17, 15) is 4.79 Å². The first-order valence-corrected chi connectivity index (χ1v) is 10.4. The van der Waals surface area contributed by atoms with Crippen LogP contribution in [-0.2, 0) is 9.53 Å². The number of aromatic nitrogens is 2. The lowest BCUT2D eigenvalue weighted by molar-refractivity contribution is -0.114. The van der Waals surface area contributed by atoms with Gasteiger partial charge in [-0.25, -0.2) is 9.97 Å². The van der Waals surface area contributed by atoms with Crippen LogP contribution in [0.3, 0.4) is 0 Å². The minimum atomic E-state index is -0.163. The van der Waals surface area contributed by atoms with Gasteiger partial charge in [-0.05, 0) is 30.0 Å². The number of hydrogen-bond acceptors (Lipinski definition) is 6. The number of nitrogens with one attached hydrogen (secondary N) is 1. The normalized spacial score (nSPS) is 11.3. The number of allylic oxidation sites excluding steroid dienone is 1. The Bertz CT molecular complexity index is 851. The molecule has 0 bridgehead atoms. The summed E-state index contributed by atoms with van der Waals surface area (Å²) in [6.45, 7) is 11.7. The number of hydrogen-bond donors (Lipinski definition) is 2. The number of nitrogens with zero attached hydrogens (tertiary/aromatic N) is 2. The minimum absolute atomic E-state index is 0.163. The molecule has 0 radical (unpaired) electrons. The second-order valence-electron chi connectivity index (χ2n) is 6.76. The van der Waals surface area contributed by atoms with E-state index in [4.69, 9.17) is 10.5 Å². The van der Waals surface area contributed by atoms with Crippen LogP contribution in [0.15, 0.2) is 30.5 Å². The Kier molecular flexibility index (Phi) is 13.5. The molecule has 7 nitrogen and oxygen atoms in total. The molecule has 0 aromatic carbocycles. The van der Waals surface area contributed by atoms with Gasteiger partial charge in [-0.2, -0.15) is 0 Å². The van der Waals surface area contributed by atoms with E-state index in [0.29, 0.717) is 23.3 Å². The van der Waals surface area contributed by atoms with Crippen LogP contribution in [-0.4, -0.2) is 37.2 Å². The Morgan fingerprint density at radius 1 is 1.23 bits per heavy atom. The first kappa shape index (κ1) is 28.1. The molecular weight excluding hydrogens is 392 g/mol. The molecule has 0 spiro atoms. The smallest absolute Gasteiger partial charge is 0.222 e. The second-order valence-corrected chi connectivity index (χ2v) is 6.76. The van der Waals surface area contributed by atoms with E-state index >= 15 is 0 Å². The molecule has 0 fully saturated rings. The monoisotopic (exact) mass is 430 g/mol. The Balaban J connectivity index is 0.00000165. The molecule has 2 heterocycles. The zero-order chi connectivity index (χ0) is 24.0. The summed E-state index contributed by atoms with van der Waals surface area (Å²) in [6, 6.07) is 5.41. The highest BCUT2D eigenvalue weighted by atomic mass is 16.5. The molecule has 7 heteroatoms. The van der Waals surface area contributed by atoms with Crippen LogP contribution in [0.2, 0.25) is 0 Å². The zero-order valence-corrected chi connectivity index (χ0v) is 20.4. The maximum absolute atomic E-state index is 11.4. The molecule has 31 heavy (non-hydrogen) atoms. The number of carbonyl (C=O) groups is 1. The van der Waals surface area contributed by atoms with E-state index in [0.717, 1.165) is 28.8 Å². The van der Waals surface area contributed by atoms with Crippen LogP contribution in [0, 0.1) is 12.8 Å². The molecule has 0 saturated carbocycles. The van der Waals surface area contributed by atoms with Gasteiger partial charge in [0, 0.05) is 45.0 Å². The number of pyridine rings is 2. The van der Waals surface area contributed by atoms with Crippen molar-refractivity contribution in [3.8, 4) is 5.75 Å². The number of nitrogens with two attached hydrogens (primary N) is 1. The van der Waals surface area contributed by atoms with Crippen molar-refractivity contribution in [2.75, 3.05) is 32.4 Å². The predicted molar refractivity (Wildman–Crippen MR) is 129 cm³/mol. The van der Waals surface area contributed by atoms with Crippen molar-refractivity contribution in [3.63, 3.8) is 0 Å². The largest absolute Gasteiger partial charge is 0.497 e. The van der Waals surface area contributed by atoms with Crippen LogP contribution in [0.5, 0.6) is 5.75 Å². The van der Waals surface area contributed by atoms with Crippen LogP contribution >= 0.6 is 0 Å². The van der Waals surface area contributed by atoms with E-state index < -0.39 is 0 Å². The number of rotatable bonds is 6. The highest BCUT2D eigenvalue weighted by Crippen LogP contribution is 2.31. The summed E-state index contributed by atoms with van der Waals surface area (Å²) in [5, 5.41) is 2.73. The Morgan fingerprint density at radius 2 is 1.84 bits per heavy atom. The molecule has 2 rings (SSSR count). The van der Waals surface area contributed by atoms with E-state index in [2.05, 4.69) is 39.9 Å². The fraction of sp³-hybridized carbons (Fsp3) is 0.458. The molecule has 2 aromatic heterocycles. The van der Waals surface area contributed by atoms with Gasteiger partial charge in [0.2, 0.25) is 5.91 Å². The third-order valence-corrected chi connectivity index (χ3v) is 4.12. The van der Waals surface area contributed by atoms with Crippen molar-refractivity contribution < 1.29 is 14.3 Å². The van der Waals surface area contributed by atoms with Crippen molar-refractivity contribution in [3.05, 3.63) is 47.3 Å². The van der Waals surface area contributed by atoms with E-state index in [1.165, 1.54) is 6.92 Å². The van der Waals surface area contributed by atoms with Gasteiger partial charge < -0.3 is 20.5 Å². The maximum atomic E-state index is 11.4. The van der Waals surface area contributed by atoms with Gasteiger partial charge >= 0.3 is 0 Å². The van der Waals surface area contributed by atoms with Gasteiger partial charge in [-0.1, -0.05) is 40.2 Å². The van der Waals surface area contributed by atoms with Gasteiger partial charge in [0.25, 0.3) is 0 Å². The Morgan fingerprint density at radius 3 is 2.35 bits per heavy atom. The zero-order valence-electron chi connectivity index (χ0n) is 20.4. The standard InChI is InChI=1S/C20H26N4O2.C2H6O.C2H6/c1-6-12(2)7-17(18-8-15(26-5)9-19(21)24-18)16-10-20(23-14(4)25)22-11-13(16)3;1-3-2;1-2/h7-12H,6H2,1-5H3,(H2,21,24)(H,22,23,25);1-2H3;1-2H3/b17-7+;;. The molecule has 0 aliphatic carbocycles. The third kappa shape index (κ3) is 9.61. The highest BCUT2D eigenvalue weighted by Gasteiger charge is 2.15. The number of methoxy groups -OCH3 is 2. The number of amides is 1. The highest BCUT2D eigenvalue weighted by molar-refractivity contribution is 5.89. The lowest BCUT2D eigenvalue weighted by atomic mass is 9.94. The molecular formula is C24H38N4O3. The average molecular weight is 431 g/mol. The summed E-state index contributed by atoms with van der Waals surface area (Å²) in [6.07, 6.45) is 4.90. The number of nitrogen functional groups attached to an aromatic ring is 1. The second kappa shape index (κ2) is 15.0. The topological polar surface area (TPSA) is 99.4 Å². The molecule has 0 saturated heterocycles. The maximum Gasteiger partial charge on any atom is 0.222 e. The van der Waals surface area contributed by atoms with Crippen molar-refractivity contribution in [2.24, 2.45) is 5.92 Å². The summed E-state index contributed by atoms with van der Waals surface area (Å²) in [5.41, 5.74) is 9.56. The molecule has 1 amide bonds. The van der Waals surface area contributed by atoms with Gasteiger partial charge in [0.1, 0.15) is 17.4 Å². The average Bonchev–Trinajstić information content (AvgIpc) is 2.74. The Labute approximate surface area is 187 Å². The summed E-state index contributed by atoms with van der Waals surface area (Å²) in [4.78, 5) is 20.2. The van der Waals surface area contributed by atoms with Gasteiger partial charge in [0.05, 0.1) is 12.8 Å². The number of anilines is 2. The number of ether oxygens (including phenoxy) is 2. The Hall–Kier alpha value is -2.93. The van der Waals surface area contributed by atoms with E-state index in [1.54, 1.807) is 33.6 Å². The molecule has 2 aromatic rings. The fourth-order valence-corrected chi connectivity index (χ4v) is 2.56. The van der Waals surface area contributed by atoms with Crippen LogP contribution in [0.25, 0.3) is 5.57 Å². The number of carbonyl (C=O) groups excluding carboxylic acids is 1. The predicted octanol–water partition coefficient (Wildman–Crippen LogP) is 5.10. The fourth-order valence-electron chi connectivity index (χ4n) is 2.56. The first-order chi connectivity index (χ1) is 14.7. The van der Waals surface area contributed by atoms with Crippen LogP contribution < -0.4 is 15.8 Å². The molecule has 172 valence electrons. The lowest BCUT2D eigenvalue weighted by Gasteiger charge is -2.15. The van der Waals surface area contributed by atoms with Crippen molar-refractivity contribution >= 4 is 23.1 Å². The number of aryl methyl sites for hydroxylation is 1. The molecule has 0 aliphatic heterocycles. The summed E-state index contributed by atoms with van der Waals surface area (Å²) < 4.78 is 9.59. The molecule has 3 N–H and O–H groups in total. The quantitative estimate of drug-likeness (QED) is 0.661. The summed E-state index contributed by atoms with van der Waals surface area (Å²) in [5.74, 6) is 1.73. The van der Waals surface area contributed by atoms with Crippen molar-refractivity contribution in [1.82, 2.24) is 9.97 Å². The SMILES string of the molecule is CC.CCC(C)/C=C(/c1cc(OC)cc(N)n1)c1cc(NC(C)=O)ncc1C.COC. The third-order valence-electron chi connectivity index (χ3n) is 4.12. The van der Waals surface area contributed by atoms with Gasteiger partial charge in [-0.3, -0.25) is 4.79 Å². The first-order valence-electron chi connectivity index (χ1n) is 10.4. The minimum Gasteiger partial charge on any atom is -0.497 e. The van der Waals surface area contributed by atoms with Crippen molar-refractivity contribution in [1.29, 1.82) is 0 Å².